The van der Waals surface area contributed by atoms with E-state index in [0.717, 1.165) is 25.7 Å². The number of rotatable bonds is 0. The Morgan fingerprint density at radius 1 is 1.33 bits per heavy atom. The van der Waals surface area contributed by atoms with Crippen LogP contribution in [0.4, 0.5) is 0 Å². The molecule has 1 aliphatic heterocycles. The van der Waals surface area contributed by atoms with E-state index in [0.29, 0.717) is 0 Å². The molecule has 1 saturated carbocycles. The predicted octanol–water partition coefficient (Wildman–Crippen LogP) is 2.28. The van der Waals surface area contributed by atoms with Crippen molar-refractivity contribution in [3.8, 4) is 0 Å². The molecule has 0 amide bonds. The topological polar surface area (TPSA) is 26.3 Å². The van der Waals surface area contributed by atoms with Gasteiger partial charge in [-0.1, -0.05) is 29.6 Å². The normalized spacial score (nSPS) is 39.0. The molecule has 0 spiro atoms. The van der Waals surface area contributed by atoms with Crippen LogP contribution in [0.1, 0.15) is 25.7 Å². The molecular weight excluding hydrogens is 199 g/mol. The number of hydrogen-bond acceptors (Lipinski definition) is 2. The van der Waals surface area contributed by atoms with E-state index in [2.05, 4.69) is 0 Å². The summed E-state index contributed by atoms with van der Waals surface area (Å²) in [5, 5.41) is 0. The second kappa shape index (κ2) is 2.78. The molecule has 1 aliphatic carbocycles. The molecular formula is C8H10Cl2O2. The summed E-state index contributed by atoms with van der Waals surface area (Å²) in [6.45, 7) is 0. The highest BCUT2D eigenvalue weighted by atomic mass is 35.5. The van der Waals surface area contributed by atoms with E-state index in [1.165, 1.54) is 0 Å². The van der Waals surface area contributed by atoms with Crippen molar-refractivity contribution in [1.29, 1.82) is 0 Å². The minimum atomic E-state index is -1.27. The van der Waals surface area contributed by atoms with Crippen molar-refractivity contribution in [2.45, 2.75) is 36.1 Å². The number of esters is 1. The van der Waals surface area contributed by atoms with E-state index in [1.807, 2.05) is 0 Å². The van der Waals surface area contributed by atoms with Crippen molar-refractivity contribution in [3.63, 3.8) is 0 Å². The van der Waals surface area contributed by atoms with Crippen LogP contribution in [0, 0.1) is 5.92 Å². The summed E-state index contributed by atoms with van der Waals surface area (Å²) in [5.74, 6) is -0.440. The fourth-order valence-corrected chi connectivity index (χ4v) is 2.61. The van der Waals surface area contributed by atoms with Crippen molar-refractivity contribution in [2.24, 2.45) is 5.92 Å². The monoisotopic (exact) mass is 208 g/mol. The number of ether oxygens (including phenoxy) is 1. The first-order valence-corrected chi connectivity index (χ1v) is 4.97. The lowest BCUT2D eigenvalue weighted by Crippen LogP contribution is -2.32. The van der Waals surface area contributed by atoms with E-state index in [4.69, 9.17) is 27.9 Å². The van der Waals surface area contributed by atoms with Gasteiger partial charge >= 0.3 is 5.97 Å². The van der Waals surface area contributed by atoms with Gasteiger partial charge in [0.05, 0.1) is 0 Å². The van der Waals surface area contributed by atoms with Crippen LogP contribution in [0.3, 0.4) is 0 Å². The van der Waals surface area contributed by atoms with Gasteiger partial charge in [0.15, 0.2) is 0 Å². The third-order valence-corrected chi connectivity index (χ3v) is 3.57. The van der Waals surface area contributed by atoms with Gasteiger partial charge in [0.25, 0.3) is 0 Å². The molecule has 12 heavy (non-hydrogen) atoms. The number of fused-ring (bicyclic) bond motifs is 1. The van der Waals surface area contributed by atoms with Crippen molar-refractivity contribution in [1.82, 2.24) is 0 Å². The van der Waals surface area contributed by atoms with Gasteiger partial charge in [0, 0.05) is 5.92 Å². The summed E-state index contributed by atoms with van der Waals surface area (Å²) < 4.78 is 3.80. The van der Waals surface area contributed by atoms with Crippen LogP contribution in [0.25, 0.3) is 0 Å². The Morgan fingerprint density at radius 3 is 2.67 bits per heavy atom. The average molecular weight is 209 g/mol. The largest absolute Gasteiger partial charge is 0.460 e. The Morgan fingerprint density at radius 2 is 2.00 bits per heavy atom. The fourth-order valence-electron chi connectivity index (χ4n) is 2.02. The quantitative estimate of drug-likeness (QED) is 0.451. The van der Waals surface area contributed by atoms with Crippen LogP contribution in [0.2, 0.25) is 0 Å². The first-order valence-electron chi connectivity index (χ1n) is 4.21. The Kier molecular flexibility index (Phi) is 2.00. The van der Waals surface area contributed by atoms with Gasteiger partial charge < -0.3 is 4.74 Å². The first kappa shape index (κ1) is 8.64. The standard InChI is InChI=1S/C8H10Cl2O2/c9-8(10)5-3-1-2-4-6(5)12-7(8)11/h5-6H,1-4H2. The number of hydrogen-bond donors (Lipinski definition) is 0. The number of halogens is 2. The summed E-state index contributed by atoms with van der Waals surface area (Å²) in [4.78, 5) is 11.2. The fraction of sp³-hybridized carbons (Fsp3) is 0.875. The minimum absolute atomic E-state index is 0.0158. The van der Waals surface area contributed by atoms with E-state index in [9.17, 15) is 4.79 Å². The third kappa shape index (κ3) is 1.12. The summed E-state index contributed by atoms with van der Waals surface area (Å²) in [5.41, 5.74) is 0. The van der Waals surface area contributed by atoms with Crippen molar-refractivity contribution in [3.05, 3.63) is 0 Å². The Bertz CT molecular complexity index is 215. The van der Waals surface area contributed by atoms with Crippen LogP contribution in [0.5, 0.6) is 0 Å². The minimum Gasteiger partial charge on any atom is -0.460 e. The van der Waals surface area contributed by atoms with Gasteiger partial charge in [-0.15, -0.1) is 0 Å². The van der Waals surface area contributed by atoms with Crippen LogP contribution in [-0.4, -0.2) is 16.4 Å². The highest BCUT2D eigenvalue weighted by Gasteiger charge is 2.55. The Labute approximate surface area is 81.2 Å². The van der Waals surface area contributed by atoms with E-state index in [-0.39, 0.29) is 12.0 Å². The highest BCUT2D eigenvalue weighted by Crippen LogP contribution is 2.47. The smallest absolute Gasteiger partial charge is 0.343 e. The molecule has 2 atom stereocenters. The lowest BCUT2D eigenvalue weighted by Gasteiger charge is -2.25. The molecule has 1 heterocycles. The predicted molar refractivity (Wildman–Crippen MR) is 46.3 cm³/mol. The number of carbonyl (C=O) groups excluding carboxylic acids is 1. The van der Waals surface area contributed by atoms with Gasteiger partial charge in [-0.05, 0) is 19.3 Å². The van der Waals surface area contributed by atoms with Crippen molar-refractivity contribution in [2.75, 3.05) is 0 Å². The van der Waals surface area contributed by atoms with Crippen LogP contribution in [0.15, 0.2) is 0 Å². The number of carbonyl (C=O) groups is 1. The molecule has 0 radical (unpaired) electrons. The van der Waals surface area contributed by atoms with Gasteiger partial charge in [-0.25, -0.2) is 4.79 Å². The highest BCUT2D eigenvalue weighted by molar-refractivity contribution is 6.58. The third-order valence-electron chi connectivity index (χ3n) is 2.70. The van der Waals surface area contributed by atoms with Gasteiger partial charge in [-0.3, -0.25) is 0 Å². The van der Waals surface area contributed by atoms with E-state index < -0.39 is 10.3 Å². The summed E-state index contributed by atoms with van der Waals surface area (Å²) in [6, 6.07) is 0. The lowest BCUT2D eigenvalue weighted by molar-refractivity contribution is -0.142. The van der Waals surface area contributed by atoms with E-state index >= 15 is 0 Å². The number of alkyl halides is 2. The maximum absolute atomic E-state index is 11.2. The van der Waals surface area contributed by atoms with Crippen LogP contribution in [-0.2, 0) is 9.53 Å². The molecule has 0 aromatic carbocycles. The molecule has 1 saturated heterocycles. The lowest BCUT2D eigenvalue weighted by atomic mass is 9.86. The zero-order valence-electron chi connectivity index (χ0n) is 6.56. The van der Waals surface area contributed by atoms with Crippen molar-refractivity contribution < 1.29 is 9.53 Å². The molecule has 0 aromatic rings. The molecule has 68 valence electrons. The maximum atomic E-state index is 11.2. The molecule has 0 bridgehead atoms. The molecule has 2 nitrogen and oxygen atoms in total. The first-order chi connectivity index (χ1) is 5.62. The molecule has 0 N–H and O–H groups in total. The maximum Gasteiger partial charge on any atom is 0.343 e. The molecule has 4 heteroatoms. The van der Waals surface area contributed by atoms with Gasteiger partial charge in [0.1, 0.15) is 6.10 Å². The summed E-state index contributed by atoms with van der Waals surface area (Å²) in [7, 11) is 0. The van der Waals surface area contributed by atoms with Crippen molar-refractivity contribution >= 4 is 29.2 Å². The Hall–Kier alpha value is 0.0500. The average Bonchev–Trinajstić information content (AvgIpc) is 2.25. The zero-order chi connectivity index (χ0) is 8.77. The summed E-state index contributed by atoms with van der Waals surface area (Å²) in [6.07, 6.45) is 4.00. The van der Waals surface area contributed by atoms with Crippen LogP contribution < -0.4 is 0 Å². The van der Waals surface area contributed by atoms with Gasteiger partial charge in [0.2, 0.25) is 4.33 Å². The van der Waals surface area contributed by atoms with Crippen LogP contribution >= 0.6 is 23.2 Å². The van der Waals surface area contributed by atoms with Gasteiger partial charge in [-0.2, -0.15) is 0 Å². The summed E-state index contributed by atoms with van der Waals surface area (Å²) >= 11 is 11.8. The second-order valence-electron chi connectivity index (χ2n) is 3.46. The molecule has 2 rings (SSSR count). The zero-order valence-corrected chi connectivity index (χ0v) is 8.07. The molecule has 0 aromatic heterocycles. The SMILES string of the molecule is O=C1OC2CCCCC2C1(Cl)Cl. The Balaban J connectivity index is 2.22. The second-order valence-corrected chi connectivity index (χ2v) is 4.84. The molecule has 2 unspecified atom stereocenters. The van der Waals surface area contributed by atoms with E-state index in [1.54, 1.807) is 0 Å². The molecule has 2 aliphatic rings. The molecule has 2 fully saturated rings.